The molecular formula is C11H15BrO3. The molecule has 1 rings (SSSR count). The van der Waals surface area contributed by atoms with Crippen LogP contribution in [0.1, 0.15) is 12.0 Å². The number of ether oxygens (including phenoxy) is 2. The van der Waals surface area contributed by atoms with Crippen molar-refractivity contribution in [2.45, 2.75) is 13.0 Å². The molecule has 0 aliphatic heterocycles. The number of methoxy groups -OCH3 is 1. The maximum absolute atomic E-state index is 8.96. The number of aliphatic hydroxyl groups excluding tert-OH is 1. The van der Waals surface area contributed by atoms with Gasteiger partial charge in [-0.25, -0.2) is 0 Å². The van der Waals surface area contributed by atoms with Crippen LogP contribution in [0.25, 0.3) is 0 Å². The summed E-state index contributed by atoms with van der Waals surface area (Å²) in [7, 11) is 1.59. The van der Waals surface area contributed by atoms with Crippen molar-refractivity contribution in [2.75, 3.05) is 19.0 Å². The second-order valence-corrected chi connectivity index (χ2v) is 3.83. The molecule has 0 radical (unpaired) electrons. The van der Waals surface area contributed by atoms with E-state index in [9.17, 15) is 0 Å². The summed E-state index contributed by atoms with van der Waals surface area (Å²) in [6, 6.07) is 5.42. The van der Waals surface area contributed by atoms with Gasteiger partial charge in [-0.05, 0) is 24.1 Å². The van der Waals surface area contributed by atoms with E-state index in [1.807, 2.05) is 12.1 Å². The molecule has 0 bridgehead atoms. The molecule has 0 saturated heterocycles. The smallest absolute Gasteiger partial charge is 0.161 e. The predicted octanol–water partition coefficient (Wildman–Crippen LogP) is 2.35. The summed E-state index contributed by atoms with van der Waals surface area (Å²) in [5.74, 6) is 1.38. The van der Waals surface area contributed by atoms with E-state index in [4.69, 9.17) is 14.6 Å². The Bertz CT molecular complexity index is 302. The van der Waals surface area contributed by atoms with E-state index in [-0.39, 0.29) is 6.61 Å². The third-order valence-corrected chi connectivity index (χ3v) is 2.51. The van der Waals surface area contributed by atoms with Gasteiger partial charge in [0, 0.05) is 5.33 Å². The van der Waals surface area contributed by atoms with Crippen LogP contribution in [0.4, 0.5) is 0 Å². The zero-order chi connectivity index (χ0) is 11.1. The zero-order valence-electron chi connectivity index (χ0n) is 8.70. The number of hydrogen-bond acceptors (Lipinski definition) is 3. The third-order valence-electron chi connectivity index (χ3n) is 1.95. The van der Waals surface area contributed by atoms with Crippen LogP contribution in [-0.2, 0) is 6.61 Å². The quantitative estimate of drug-likeness (QED) is 0.639. The van der Waals surface area contributed by atoms with E-state index in [0.717, 1.165) is 23.1 Å². The van der Waals surface area contributed by atoms with Crippen LogP contribution in [0.5, 0.6) is 11.5 Å². The first-order chi connectivity index (χ1) is 7.31. The molecule has 0 saturated carbocycles. The van der Waals surface area contributed by atoms with Gasteiger partial charge < -0.3 is 14.6 Å². The molecule has 1 aromatic rings. The van der Waals surface area contributed by atoms with Gasteiger partial charge in [-0.2, -0.15) is 0 Å². The third kappa shape index (κ3) is 3.72. The van der Waals surface area contributed by atoms with E-state index in [1.165, 1.54) is 0 Å². The van der Waals surface area contributed by atoms with Crippen LogP contribution >= 0.6 is 15.9 Å². The first kappa shape index (κ1) is 12.3. The Morgan fingerprint density at radius 1 is 1.33 bits per heavy atom. The van der Waals surface area contributed by atoms with Crippen LogP contribution in [0.3, 0.4) is 0 Å². The molecule has 1 aromatic carbocycles. The lowest BCUT2D eigenvalue weighted by molar-refractivity contribution is 0.277. The van der Waals surface area contributed by atoms with Crippen molar-refractivity contribution in [3.05, 3.63) is 23.8 Å². The van der Waals surface area contributed by atoms with Gasteiger partial charge in [0.2, 0.25) is 0 Å². The van der Waals surface area contributed by atoms with Crippen molar-refractivity contribution in [2.24, 2.45) is 0 Å². The molecule has 0 amide bonds. The fourth-order valence-corrected chi connectivity index (χ4v) is 1.40. The van der Waals surface area contributed by atoms with Gasteiger partial charge in [-0.15, -0.1) is 0 Å². The normalized spacial score (nSPS) is 10.1. The molecule has 0 heterocycles. The number of alkyl halides is 1. The minimum absolute atomic E-state index is 0.0119. The summed E-state index contributed by atoms with van der Waals surface area (Å²) in [5, 5.41) is 9.88. The van der Waals surface area contributed by atoms with Crippen molar-refractivity contribution < 1.29 is 14.6 Å². The Morgan fingerprint density at radius 2 is 2.13 bits per heavy atom. The SMILES string of the molecule is COc1cc(CO)ccc1OCCCBr. The van der Waals surface area contributed by atoms with Gasteiger partial charge >= 0.3 is 0 Å². The fourth-order valence-electron chi connectivity index (χ4n) is 1.17. The van der Waals surface area contributed by atoms with Gasteiger partial charge in [-0.3, -0.25) is 0 Å². The summed E-state index contributed by atoms with van der Waals surface area (Å²) < 4.78 is 10.7. The molecule has 4 heteroatoms. The van der Waals surface area contributed by atoms with Crippen LogP contribution in [0.2, 0.25) is 0 Å². The van der Waals surface area contributed by atoms with E-state index in [2.05, 4.69) is 15.9 Å². The van der Waals surface area contributed by atoms with Crippen LogP contribution in [-0.4, -0.2) is 24.2 Å². The lowest BCUT2D eigenvalue weighted by Crippen LogP contribution is -2.00. The second-order valence-electron chi connectivity index (χ2n) is 3.03. The number of halogens is 1. The maximum Gasteiger partial charge on any atom is 0.161 e. The second kappa shape index (κ2) is 6.69. The molecule has 0 aliphatic carbocycles. The van der Waals surface area contributed by atoms with Crippen LogP contribution < -0.4 is 9.47 Å². The molecular weight excluding hydrogens is 260 g/mol. The first-order valence-electron chi connectivity index (χ1n) is 4.78. The van der Waals surface area contributed by atoms with E-state index >= 15 is 0 Å². The van der Waals surface area contributed by atoms with Crippen LogP contribution in [0, 0.1) is 0 Å². The van der Waals surface area contributed by atoms with Crippen molar-refractivity contribution in [1.29, 1.82) is 0 Å². The Morgan fingerprint density at radius 3 is 2.73 bits per heavy atom. The molecule has 1 N–H and O–H groups in total. The molecule has 3 nitrogen and oxygen atoms in total. The summed E-state index contributed by atoms with van der Waals surface area (Å²) in [6.45, 7) is 0.665. The summed E-state index contributed by atoms with van der Waals surface area (Å²) >= 11 is 3.34. The molecule has 0 unspecified atom stereocenters. The molecule has 84 valence electrons. The molecule has 0 spiro atoms. The first-order valence-corrected chi connectivity index (χ1v) is 5.90. The highest BCUT2D eigenvalue weighted by molar-refractivity contribution is 9.09. The molecule has 0 fully saturated rings. The number of hydrogen-bond donors (Lipinski definition) is 1. The van der Waals surface area contributed by atoms with E-state index in [1.54, 1.807) is 13.2 Å². The average molecular weight is 275 g/mol. The lowest BCUT2D eigenvalue weighted by Gasteiger charge is -2.10. The minimum Gasteiger partial charge on any atom is -0.493 e. The fraction of sp³-hybridized carbons (Fsp3) is 0.455. The van der Waals surface area contributed by atoms with Gasteiger partial charge in [-0.1, -0.05) is 22.0 Å². The van der Waals surface area contributed by atoms with Crippen molar-refractivity contribution >= 4 is 15.9 Å². The molecule has 0 aliphatic rings. The largest absolute Gasteiger partial charge is 0.493 e. The zero-order valence-corrected chi connectivity index (χ0v) is 10.3. The summed E-state index contributed by atoms with van der Waals surface area (Å²) in [5.41, 5.74) is 0.819. The van der Waals surface area contributed by atoms with E-state index in [0.29, 0.717) is 12.4 Å². The number of aliphatic hydroxyl groups is 1. The highest BCUT2D eigenvalue weighted by Gasteiger charge is 2.04. The van der Waals surface area contributed by atoms with Gasteiger partial charge in [0.25, 0.3) is 0 Å². The predicted molar refractivity (Wildman–Crippen MR) is 62.8 cm³/mol. The van der Waals surface area contributed by atoms with Crippen LogP contribution in [0.15, 0.2) is 18.2 Å². The van der Waals surface area contributed by atoms with Gasteiger partial charge in [0.05, 0.1) is 20.3 Å². The van der Waals surface area contributed by atoms with Crippen molar-refractivity contribution in [1.82, 2.24) is 0 Å². The Hall–Kier alpha value is -0.740. The summed E-state index contributed by atoms with van der Waals surface area (Å²) in [6.07, 6.45) is 0.949. The topological polar surface area (TPSA) is 38.7 Å². The molecule has 0 atom stereocenters. The highest BCUT2D eigenvalue weighted by atomic mass is 79.9. The van der Waals surface area contributed by atoms with Gasteiger partial charge in [0.15, 0.2) is 11.5 Å². The number of rotatable bonds is 6. The Balaban J connectivity index is 2.69. The van der Waals surface area contributed by atoms with E-state index < -0.39 is 0 Å². The van der Waals surface area contributed by atoms with Crippen molar-refractivity contribution in [3.8, 4) is 11.5 Å². The standard InChI is InChI=1S/C11H15BrO3/c1-14-11-7-9(8-13)3-4-10(11)15-6-2-5-12/h3-4,7,13H,2,5-6,8H2,1H3. The van der Waals surface area contributed by atoms with Gasteiger partial charge in [0.1, 0.15) is 0 Å². The average Bonchev–Trinajstić information content (AvgIpc) is 2.29. The maximum atomic E-state index is 8.96. The summed E-state index contributed by atoms with van der Waals surface area (Å²) in [4.78, 5) is 0. The van der Waals surface area contributed by atoms with Crippen molar-refractivity contribution in [3.63, 3.8) is 0 Å². The molecule has 0 aromatic heterocycles. The Kier molecular flexibility index (Phi) is 5.50. The Labute approximate surface area is 98.1 Å². The lowest BCUT2D eigenvalue weighted by atomic mass is 10.2. The highest BCUT2D eigenvalue weighted by Crippen LogP contribution is 2.28. The minimum atomic E-state index is 0.0119. The molecule has 15 heavy (non-hydrogen) atoms. The number of benzene rings is 1. The monoisotopic (exact) mass is 274 g/mol.